The third-order valence-corrected chi connectivity index (χ3v) is 1.77. The van der Waals surface area contributed by atoms with E-state index in [2.05, 4.69) is 5.32 Å². The van der Waals surface area contributed by atoms with Gasteiger partial charge in [0.05, 0.1) is 0 Å². The molecule has 0 fully saturated rings. The van der Waals surface area contributed by atoms with Gasteiger partial charge in [0.1, 0.15) is 17.4 Å². The lowest BCUT2D eigenvalue weighted by Gasteiger charge is -1.98. The van der Waals surface area contributed by atoms with Crippen molar-refractivity contribution in [3.63, 3.8) is 0 Å². The maximum Gasteiger partial charge on any atom is 0.261 e. The Morgan fingerprint density at radius 2 is 2.33 bits per heavy atom. The second-order valence-corrected chi connectivity index (χ2v) is 2.84. The highest BCUT2D eigenvalue weighted by Crippen LogP contribution is 2.13. The van der Waals surface area contributed by atoms with Gasteiger partial charge in [-0.25, -0.2) is 0 Å². The van der Waals surface area contributed by atoms with Gasteiger partial charge < -0.3 is 10.4 Å². The second kappa shape index (κ2) is 4.82. The number of hydrogen-bond acceptors (Lipinski definition) is 3. The monoisotopic (exact) mass is 202 g/mol. The van der Waals surface area contributed by atoms with Crippen LogP contribution < -0.4 is 5.32 Å². The Balaban J connectivity index is 3.05. The Morgan fingerprint density at radius 3 is 2.87 bits per heavy atom. The maximum absolute atomic E-state index is 11.2. The molecule has 0 aromatic heterocycles. The van der Waals surface area contributed by atoms with Gasteiger partial charge >= 0.3 is 0 Å². The van der Waals surface area contributed by atoms with Gasteiger partial charge in [-0.15, -0.1) is 0 Å². The summed E-state index contributed by atoms with van der Waals surface area (Å²) in [5, 5.41) is 20.3. The number of rotatable bonds is 2. The van der Waals surface area contributed by atoms with E-state index in [1.807, 2.05) is 0 Å². The molecule has 1 aromatic rings. The molecule has 0 atom stereocenters. The van der Waals surface area contributed by atoms with Crippen molar-refractivity contribution in [1.82, 2.24) is 5.32 Å². The van der Waals surface area contributed by atoms with Crippen molar-refractivity contribution in [1.29, 1.82) is 5.26 Å². The smallest absolute Gasteiger partial charge is 0.261 e. The third-order valence-electron chi connectivity index (χ3n) is 1.77. The van der Waals surface area contributed by atoms with E-state index in [1.165, 1.54) is 25.3 Å². The van der Waals surface area contributed by atoms with Crippen LogP contribution in [0.5, 0.6) is 5.75 Å². The average molecular weight is 202 g/mol. The zero-order chi connectivity index (χ0) is 11.3. The minimum Gasteiger partial charge on any atom is -0.508 e. The van der Waals surface area contributed by atoms with Gasteiger partial charge in [-0.3, -0.25) is 4.79 Å². The van der Waals surface area contributed by atoms with Crippen LogP contribution >= 0.6 is 0 Å². The van der Waals surface area contributed by atoms with Crippen LogP contribution in [0.1, 0.15) is 5.56 Å². The molecule has 0 saturated heterocycles. The van der Waals surface area contributed by atoms with E-state index < -0.39 is 5.91 Å². The SMILES string of the molecule is CNC(=O)/C(C#N)=C\c1cccc(O)c1. The highest BCUT2D eigenvalue weighted by molar-refractivity contribution is 6.01. The topological polar surface area (TPSA) is 73.1 Å². The Labute approximate surface area is 87.5 Å². The molecule has 0 spiro atoms. The summed E-state index contributed by atoms with van der Waals surface area (Å²) in [5.74, 6) is -0.348. The number of likely N-dealkylation sites (N-methyl/N-ethyl adjacent to an activating group) is 1. The van der Waals surface area contributed by atoms with E-state index in [1.54, 1.807) is 18.2 Å². The first kappa shape index (κ1) is 10.8. The van der Waals surface area contributed by atoms with Gasteiger partial charge in [-0.2, -0.15) is 5.26 Å². The molecule has 76 valence electrons. The van der Waals surface area contributed by atoms with E-state index >= 15 is 0 Å². The van der Waals surface area contributed by atoms with E-state index in [4.69, 9.17) is 5.26 Å². The number of phenols is 1. The highest BCUT2D eigenvalue weighted by Gasteiger charge is 2.05. The molecule has 0 aliphatic carbocycles. The molecule has 0 aliphatic heterocycles. The van der Waals surface area contributed by atoms with Crippen LogP contribution in [0.15, 0.2) is 29.8 Å². The molecule has 1 amide bonds. The first-order valence-electron chi connectivity index (χ1n) is 4.30. The standard InChI is InChI=1S/C11H10N2O2/c1-13-11(15)9(7-12)5-8-3-2-4-10(14)6-8/h2-6,14H,1H3,(H,13,15)/b9-5-. The summed E-state index contributed by atoms with van der Waals surface area (Å²) in [5.41, 5.74) is 0.609. The number of hydrogen-bond donors (Lipinski definition) is 2. The molecule has 0 saturated carbocycles. The Kier molecular flexibility index (Phi) is 3.47. The van der Waals surface area contributed by atoms with Gasteiger partial charge in [0.15, 0.2) is 0 Å². The van der Waals surface area contributed by atoms with Crippen LogP contribution in [0.4, 0.5) is 0 Å². The summed E-state index contributed by atoms with van der Waals surface area (Å²) in [6, 6.07) is 8.11. The number of phenolic OH excluding ortho intramolecular Hbond substituents is 1. The molecule has 0 heterocycles. The predicted octanol–water partition coefficient (Wildman–Crippen LogP) is 1.05. The van der Waals surface area contributed by atoms with Crippen molar-refractivity contribution in [3.05, 3.63) is 35.4 Å². The van der Waals surface area contributed by atoms with Gasteiger partial charge in [-0.1, -0.05) is 12.1 Å². The number of amides is 1. The van der Waals surface area contributed by atoms with Gasteiger partial charge in [0.25, 0.3) is 5.91 Å². The molecule has 4 nitrogen and oxygen atoms in total. The number of nitriles is 1. The number of carbonyl (C=O) groups excluding carboxylic acids is 1. The molecule has 2 N–H and O–H groups in total. The van der Waals surface area contributed by atoms with Crippen molar-refractivity contribution in [2.45, 2.75) is 0 Å². The van der Waals surface area contributed by atoms with Crippen molar-refractivity contribution in [2.24, 2.45) is 0 Å². The number of nitrogens with one attached hydrogen (secondary N) is 1. The summed E-state index contributed by atoms with van der Waals surface area (Å²) >= 11 is 0. The summed E-state index contributed by atoms with van der Waals surface area (Å²) < 4.78 is 0. The minimum atomic E-state index is -0.444. The Hall–Kier alpha value is -2.28. The first-order valence-corrected chi connectivity index (χ1v) is 4.30. The van der Waals surface area contributed by atoms with Gasteiger partial charge in [0.2, 0.25) is 0 Å². The summed E-state index contributed by atoms with van der Waals surface area (Å²) in [6.07, 6.45) is 1.42. The molecule has 0 bridgehead atoms. The summed E-state index contributed by atoms with van der Waals surface area (Å²) in [7, 11) is 1.45. The lowest BCUT2D eigenvalue weighted by molar-refractivity contribution is -0.116. The minimum absolute atomic E-state index is 0.00287. The van der Waals surface area contributed by atoms with Gasteiger partial charge in [0, 0.05) is 7.05 Å². The molecular formula is C11H10N2O2. The first-order chi connectivity index (χ1) is 7.17. The zero-order valence-electron chi connectivity index (χ0n) is 8.19. The molecule has 0 radical (unpaired) electrons. The summed E-state index contributed by atoms with van der Waals surface area (Å²) in [4.78, 5) is 11.2. The fourth-order valence-electron chi connectivity index (χ4n) is 1.06. The number of nitrogens with zero attached hydrogens (tertiary/aromatic N) is 1. The van der Waals surface area contributed by atoms with Crippen LogP contribution in [0.2, 0.25) is 0 Å². The van der Waals surface area contributed by atoms with E-state index in [0.717, 1.165) is 0 Å². The quantitative estimate of drug-likeness (QED) is 0.556. The molecule has 1 rings (SSSR count). The third kappa shape index (κ3) is 2.85. The predicted molar refractivity (Wildman–Crippen MR) is 55.8 cm³/mol. The van der Waals surface area contributed by atoms with Crippen LogP contribution in [-0.4, -0.2) is 18.1 Å². The second-order valence-electron chi connectivity index (χ2n) is 2.84. The normalized spacial score (nSPS) is 10.5. The van der Waals surface area contributed by atoms with Crippen molar-refractivity contribution < 1.29 is 9.90 Å². The van der Waals surface area contributed by atoms with E-state index in [-0.39, 0.29) is 11.3 Å². The number of aromatic hydroxyl groups is 1. The molecule has 1 aromatic carbocycles. The fourth-order valence-corrected chi connectivity index (χ4v) is 1.06. The molecule has 0 aliphatic rings. The molecule has 0 unspecified atom stereocenters. The largest absolute Gasteiger partial charge is 0.508 e. The van der Waals surface area contributed by atoms with Crippen molar-refractivity contribution >= 4 is 12.0 Å². The zero-order valence-corrected chi connectivity index (χ0v) is 8.19. The summed E-state index contributed by atoms with van der Waals surface area (Å²) in [6.45, 7) is 0. The van der Waals surface area contributed by atoms with Crippen LogP contribution in [0.3, 0.4) is 0 Å². The number of carbonyl (C=O) groups is 1. The molecular weight excluding hydrogens is 192 g/mol. The Bertz CT molecular complexity index is 444. The van der Waals surface area contributed by atoms with Crippen LogP contribution in [0, 0.1) is 11.3 Å². The van der Waals surface area contributed by atoms with Crippen LogP contribution in [0.25, 0.3) is 6.08 Å². The van der Waals surface area contributed by atoms with Crippen LogP contribution in [-0.2, 0) is 4.79 Å². The van der Waals surface area contributed by atoms with E-state index in [0.29, 0.717) is 5.56 Å². The van der Waals surface area contributed by atoms with Crippen molar-refractivity contribution in [2.75, 3.05) is 7.05 Å². The lowest BCUT2D eigenvalue weighted by Crippen LogP contribution is -2.19. The Morgan fingerprint density at radius 1 is 1.60 bits per heavy atom. The average Bonchev–Trinajstić information content (AvgIpc) is 2.25. The fraction of sp³-hybridized carbons (Fsp3) is 0.0909. The highest BCUT2D eigenvalue weighted by atomic mass is 16.3. The van der Waals surface area contributed by atoms with E-state index in [9.17, 15) is 9.90 Å². The molecule has 15 heavy (non-hydrogen) atoms. The van der Waals surface area contributed by atoms with Gasteiger partial charge in [-0.05, 0) is 23.8 Å². The maximum atomic E-state index is 11.2. The van der Waals surface area contributed by atoms with Crippen molar-refractivity contribution in [3.8, 4) is 11.8 Å². The molecule has 4 heteroatoms. The number of benzene rings is 1. The lowest BCUT2D eigenvalue weighted by atomic mass is 10.1.